The largest absolute Gasteiger partial charge is 0.478 e. The molecule has 0 aliphatic carbocycles. The van der Waals surface area contributed by atoms with Crippen LogP contribution in [0, 0.1) is 0 Å². The van der Waals surface area contributed by atoms with Gasteiger partial charge < -0.3 is 20.8 Å². The minimum Gasteiger partial charge on any atom is -0.478 e. The molecule has 0 saturated carbocycles. The van der Waals surface area contributed by atoms with Gasteiger partial charge in [-0.2, -0.15) is 0 Å². The highest BCUT2D eigenvalue weighted by Crippen LogP contribution is 2.44. The van der Waals surface area contributed by atoms with Gasteiger partial charge in [0.1, 0.15) is 0 Å². The lowest BCUT2D eigenvalue weighted by molar-refractivity contribution is 0.0695. The molecule has 0 heterocycles. The Morgan fingerprint density at radius 2 is 0.760 bits per heavy atom. The molecule has 0 radical (unpaired) electrons. The molecule has 0 aliphatic rings. The summed E-state index contributed by atoms with van der Waals surface area (Å²) in [5.74, 6) is -3.13. The van der Waals surface area contributed by atoms with E-state index in [1.54, 1.807) is 36.4 Å². The molecule has 8 nitrogen and oxygen atoms in total. The number of hydrogen-bond acceptors (Lipinski definition) is 4. The number of carboxylic acids is 2. The van der Waals surface area contributed by atoms with Crippen molar-refractivity contribution in [3.05, 3.63) is 121 Å². The molecule has 0 bridgehead atoms. The fourth-order valence-electron chi connectivity index (χ4n) is 7.00. The van der Waals surface area contributed by atoms with Crippen molar-refractivity contribution in [2.45, 2.75) is 63.5 Å². The van der Waals surface area contributed by atoms with E-state index in [0.29, 0.717) is 100 Å². The van der Waals surface area contributed by atoms with Crippen LogP contribution >= 0.6 is 0 Å². The van der Waals surface area contributed by atoms with Crippen LogP contribution in [0.15, 0.2) is 99.2 Å². The topological polar surface area (TPSA) is 133 Å². The summed E-state index contributed by atoms with van der Waals surface area (Å²) in [6.45, 7) is 15.3. The number of rotatable bonds is 18. The molecule has 5 aromatic carbocycles. The van der Waals surface area contributed by atoms with Gasteiger partial charge in [0.25, 0.3) is 11.8 Å². The van der Waals surface area contributed by atoms with Gasteiger partial charge >= 0.3 is 11.9 Å². The average molecular weight is 671 g/mol. The molecule has 4 N–H and O–H groups in total. The molecule has 5 aromatic rings. The van der Waals surface area contributed by atoms with Gasteiger partial charge in [-0.05, 0) is 108 Å². The average Bonchev–Trinajstić information content (AvgIpc) is 3.11. The highest BCUT2D eigenvalue weighted by molar-refractivity contribution is 6.38. The van der Waals surface area contributed by atoms with Gasteiger partial charge in [-0.25, -0.2) is 9.59 Å². The number of fused-ring (bicyclic) bond motifs is 2. The zero-order valence-electron chi connectivity index (χ0n) is 28.1. The summed E-state index contributed by atoms with van der Waals surface area (Å²) in [6, 6.07) is 12.9. The fraction of sp³-hybridized carbons (Fsp3) is 0.238. The zero-order valence-corrected chi connectivity index (χ0v) is 28.1. The van der Waals surface area contributed by atoms with Crippen molar-refractivity contribution in [1.29, 1.82) is 0 Å². The van der Waals surface area contributed by atoms with Gasteiger partial charge in [0, 0.05) is 34.0 Å². The Hall–Kier alpha value is -5.76. The van der Waals surface area contributed by atoms with Crippen molar-refractivity contribution in [3.63, 3.8) is 0 Å². The van der Waals surface area contributed by atoms with Gasteiger partial charge in [-0.1, -0.05) is 48.6 Å². The van der Waals surface area contributed by atoms with Crippen molar-refractivity contribution >= 4 is 66.8 Å². The molecular weight excluding hydrogens is 628 g/mol. The Bertz CT molecular complexity index is 2000. The maximum atomic E-state index is 14.2. The van der Waals surface area contributed by atoms with E-state index in [1.807, 2.05) is 24.3 Å². The Morgan fingerprint density at radius 1 is 0.480 bits per heavy atom. The summed E-state index contributed by atoms with van der Waals surface area (Å²) in [6.07, 6.45) is 12.9. The Balaban J connectivity index is 1.81. The highest BCUT2D eigenvalue weighted by atomic mass is 16.4. The van der Waals surface area contributed by atoms with E-state index in [4.69, 9.17) is 0 Å². The summed E-state index contributed by atoms with van der Waals surface area (Å²) < 4.78 is 0. The number of carbonyl (C=O) groups is 4. The number of carbonyl (C=O) groups excluding carboxylic acids is 2. The standard InChI is InChI=1S/C42H42N2O6/c1-5-9-13-25(14-10-6-2)43-39(45)31-21-17-27-29-19-23-33(41(47)48)38-34(42(49)50)24-20-30(36(29)38)28-18-22-32(37(31)35(27)28)40(46)44-26(15-11-7-3)16-12-8-4/h5-8,17-26H,1-4,9-16H2,(H,43,45)(H,44,46)(H,47,48)(H,49,50). The molecule has 8 heteroatoms. The van der Waals surface area contributed by atoms with E-state index in [1.165, 1.54) is 12.1 Å². The summed E-state index contributed by atoms with van der Waals surface area (Å²) in [7, 11) is 0. The molecule has 2 amide bonds. The van der Waals surface area contributed by atoms with Gasteiger partial charge in [-0.3, -0.25) is 9.59 Å². The fourth-order valence-corrected chi connectivity index (χ4v) is 7.00. The van der Waals surface area contributed by atoms with Gasteiger partial charge in [0.2, 0.25) is 0 Å². The van der Waals surface area contributed by atoms with Crippen LogP contribution in [0.5, 0.6) is 0 Å². The van der Waals surface area contributed by atoms with Gasteiger partial charge in [0.15, 0.2) is 0 Å². The summed E-state index contributed by atoms with van der Waals surface area (Å²) in [5, 5.41) is 30.8. The third kappa shape index (κ3) is 6.87. The molecule has 0 fully saturated rings. The highest BCUT2D eigenvalue weighted by Gasteiger charge is 2.27. The van der Waals surface area contributed by atoms with Crippen LogP contribution < -0.4 is 10.6 Å². The molecule has 256 valence electrons. The third-order valence-corrected chi connectivity index (χ3v) is 9.40. The SMILES string of the molecule is C=CCCC(CCC=C)NC(=O)c1ccc2c3ccc(C(=O)O)c4c(C(=O)O)ccc(c5ccc(C(=O)NC(CCC=C)CCC=C)c1c25)c43. The molecule has 0 spiro atoms. The number of allylic oxidation sites excluding steroid dienone is 4. The molecule has 0 saturated heterocycles. The van der Waals surface area contributed by atoms with Crippen LogP contribution in [-0.4, -0.2) is 46.0 Å². The molecule has 0 aromatic heterocycles. The van der Waals surface area contributed by atoms with E-state index >= 15 is 0 Å². The van der Waals surface area contributed by atoms with E-state index in [0.717, 1.165) is 0 Å². The minimum absolute atomic E-state index is 0.120. The quantitative estimate of drug-likeness (QED) is 0.0417. The first-order valence-corrected chi connectivity index (χ1v) is 16.9. The predicted molar refractivity (Wildman–Crippen MR) is 202 cm³/mol. The zero-order chi connectivity index (χ0) is 35.9. The maximum Gasteiger partial charge on any atom is 0.336 e. The van der Waals surface area contributed by atoms with Crippen LogP contribution in [0.1, 0.15) is 92.8 Å². The van der Waals surface area contributed by atoms with E-state index in [-0.39, 0.29) is 40.4 Å². The van der Waals surface area contributed by atoms with Crippen LogP contribution in [-0.2, 0) is 0 Å². The maximum absolute atomic E-state index is 14.2. The van der Waals surface area contributed by atoms with Crippen molar-refractivity contribution in [1.82, 2.24) is 10.6 Å². The Labute approximate surface area is 291 Å². The number of nitrogens with one attached hydrogen (secondary N) is 2. The third-order valence-electron chi connectivity index (χ3n) is 9.40. The smallest absolute Gasteiger partial charge is 0.336 e. The van der Waals surface area contributed by atoms with E-state index < -0.39 is 11.9 Å². The van der Waals surface area contributed by atoms with Gasteiger partial charge in [0.05, 0.1) is 11.1 Å². The molecule has 0 aliphatic heterocycles. The van der Waals surface area contributed by atoms with Crippen LogP contribution in [0.25, 0.3) is 43.1 Å². The minimum atomic E-state index is -1.24. The van der Waals surface area contributed by atoms with Crippen molar-refractivity contribution in [2.24, 2.45) is 0 Å². The van der Waals surface area contributed by atoms with E-state index in [9.17, 15) is 29.4 Å². The first-order chi connectivity index (χ1) is 24.2. The second kappa shape index (κ2) is 15.6. The first kappa shape index (κ1) is 35.5. The summed E-state index contributed by atoms with van der Waals surface area (Å²) >= 11 is 0. The molecular formula is C42H42N2O6. The summed E-state index contributed by atoms with van der Waals surface area (Å²) in [4.78, 5) is 53.1. The molecule has 50 heavy (non-hydrogen) atoms. The molecule has 0 unspecified atom stereocenters. The number of carboxylic acid groups (broad SMARTS) is 2. The van der Waals surface area contributed by atoms with Crippen molar-refractivity contribution in [3.8, 4) is 0 Å². The lowest BCUT2D eigenvalue weighted by atomic mass is 9.84. The summed E-state index contributed by atoms with van der Waals surface area (Å²) in [5.41, 5.74) is 0.418. The second-order valence-corrected chi connectivity index (χ2v) is 12.6. The predicted octanol–water partition coefficient (Wildman–Crippen LogP) is 9.20. The second-order valence-electron chi connectivity index (χ2n) is 12.6. The Kier molecular flexibility index (Phi) is 11.1. The lowest BCUT2D eigenvalue weighted by Gasteiger charge is -2.23. The molecule has 0 atom stereocenters. The van der Waals surface area contributed by atoms with Crippen molar-refractivity contribution < 1.29 is 29.4 Å². The molecule has 5 rings (SSSR count). The first-order valence-electron chi connectivity index (χ1n) is 16.9. The number of amides is 2. The van der Waals surface area contributed by atoms with Crippen LogP contribution in [0.2, 0.25) is 0 Å². The van der Waals surface area contributed by atoms with Crippen molar-refractivity contribution in [2.75, 3.05) is 0 Å². The number of benzene rings is 5. The van der Waals surface area contributed by atoms with Crippen LogP contribution in [0.3, 0.4) is 0 Å². The lowest BCUT2D eigenvalue weighted by Crippen LogP contribution is -2.36. The Morgan fingerprint density at radius 3 is 1.04 bits per heavy atom. The van der Waals surface area contributed by atoms with Crippen LogP contribution in [0.4, 0.5) is 0 Å². The van der Waals surface area contributed by atoms with Gasteiger partial charge in [-0.15, -0.1) is 26.3 Å². The number of hydrogen-bond donors (Lipinski definition) is 4. The van der Waals surface area contributed by atoms with E-state index in [2.05, 4.69) is 36.9 Å². The normalized spacial score (nSPS) is 11.4. The monoisotopic (exact) mass is 670 g/mol. The number of aromatic carboxylic acids is 2.